The number of halogens is 2. The zero-order chi connectivity index (χ0) is 10.6. The van der Waals surface area contributed by atoms with E-state index < -0.39 is 12.5 Å². The minimum absolute atomic E-state index is 0.0956. The van der Waals surface area contributed by atoms with Crippen molar-refractivity contribution in [3.05, 3.63) is 29.8 Å². The number of rotatable bonds is 4. The molecule has 1 unspecified atom stereocenters. The summed E-state index contributed by atoms with van der Waals surface area (Å²) in [5, 5.41) is 8.99. The molecule has 0 amide bonds. The molecule has 14 heavy (non-hydrogen) atoms. The van der Waals surface area contributed by atoms with Crippen LogP contribution >= 0.6 is 0 Å². The molecule has 0 radical (unpaired) electrons. The molecule has 0 saturated heterocycles. The van der Waals surface area contributed by atoms with Gasteiger partial charge in [0.2, 0.25) is 0 Å². The number of aliphatic hydroxyl groups is 1. The summed E-state index contributed by atoms with van der Waals surface area (Å²) < 4.78 is 29.1. The highest BCUT2D eigenvalue weighted by molar-refractivity contribution is 5.33. The van der Waals surface area contributed by atoms with E-state index in [-0.39, 0.29) is 6.42 Å². The number of hydrogen-bond donors (Lipinski definition) is 1. The zero-order valence-electron chi connectivity index (χ0n) is 7.78. The van der Waals surface area contributed by atoms with Crippen LogP contribution in [0.1, 0.15) is 5.56 Å². The topological polar surface area (TPSA) is 29.5 Å². The number of aliphatic hydroxyl groups excluding tert-OH is 1. The number of alkyl halides is 2. The first-order valence-electron chi connectivity index (χ1n) is 4.23. The van der Waals surface area contributed by atoms with Crippen LogP contribution in [0.3, 0.4) is 0 Å². The van der Waals surface area contributed by atoms with E-state index in [0.717, 1.165) is 0 Å². The fraction of sp³-hybridized carbons (Fsp3) is 0.400. The van der Waals surface area contributed by atoms with E-state index in [1.54, 1.807) is 24.3 Å². The van der Waals surface area contributed by atoms with Crippen LogP contribution in [0.5, 0.6) is 5.75 Å². The number of para-hydroxylation sites is 1. The molecule has 2 nitrogen and oxygen atoms in total. The smallest absolute Gasteiger partial charge is 0.264 e. The van der Waals surface area contributed by atoms with E-state index in [4.69, 9.17) is 9.84 Å². The number of benzene rings is 1. The second-order valence-electron chi connectivity index (χ2n) is 2.92. The maximum absolute atomic E-state index is 12.1. The molecule has 0 aromatic heterocycles. The minimum Gasteiger partial charge on any atom is -0.496 e. The normalized spacial score (nSPS) is 12.9. The fourth-order valence-corrected chi connectivity index (χ4v) is 1.19. The van der Waals surface area contributed by atoms with E-state index in [1.807, 2.05) is 0 Å². The highest BCUT2D eigenvalue weighted by atomic mass is 19.3. The average Bonchev–Trinajstić information content (AvgIpc) is 2.18. The van der Waals surface area contributed by atoms with Crippen LogP contribution in [0.2, 0.25) is 0 Å². The Morgan fingerprint density at radius 3 is 2.57 bits per heavy atom. The Kier molecular flexibility index (Phi) is 3.83. The molecule has 4 heteroatoms. The molecule has 0 fully saturated rings. The van der Waals surface area contributed by atoms with Crippen molar-refractivity contribution in [2.45, 2.75) is 19.0 Å². The second-order valence-corrected chi connectivity index (χ2v) is 2.92. The Labute approximate surface area is 81.1 Å². The summed E-state index contributed by atoms with van der Waals surface area (Å²) in [4.78, 5) is 0. The molecule has 0 aliphatic rings. The lowest BCUT2D eigenvalue weighted by Crippen LogP contribution is -2.20. The first kappa shape index (κ1) is 10.9. The lowest BCUT2D eigenvalue weighted by atomic mass is 10.1. The maximum Gasteiger partial charge on any atom is 0.264 e. The predicted molar refractivity (Wildman–Crippen MR) is 48.7 cm³/mol. The van der Waals surface area contributed by atoms with Crippen LogP contribution in [-0.4, -0.2) is 24.7 Å². The summed E-state index contributed by atoms with van der Waals surface area (Å²) in [6, 6.07) is 6.80. The van der Waals surface area contributed by atoms with Crippen molar-refractivity contribution < 1.29 is 18.6 Å². The Balaban J connectivity index is 2.75. The van der Waals surface area contributed by atoms with E-state index >= 15 is 0 Å². The standard InChI is InChI=1S/C10H12F2O2/c1-14-9-5-3-2-4-7(9)6-8(13)10(11)12/h2-5,8,10,13H,6H2,1H3. The quantitative estimate of drug-likeness (QED) is 0.807. The minimum atomic E-state index is -2.72. The molecular formula is C10H12F2O2. The van der Waals surface area contributed by atoms with Crippen LogP contribution in [0.25, 0.3) is 0 Å². The van der Waals surface area contributed by atoms with Crippen molar-refractivity contribution in [2.24, 2.45) is 0 Å². The van der Waals surface area contributed by atoms with Crippen LogP contribution < -0.4 is 4.74 Å². The first-order valence-corrected chi connectivity index (χ1v) is 4.23. The number of ether oxygens (including phenoxy) is 1. The van der Waals surface area contributed by atoms with Crippen LogP contribution in [-0.2, 0) is 6.42 Å². The summed E-state index contributed by atoms with van der Waals surface area (Å²) in [6.45, 7) is 0. The van der Waals surface area contributed by atoms with Gasteiger partial charge in [-0.3, -0.25) is 0 Å². The van der Waals surface area contributed by atoms with Crippen molar-refractivity contribution in [1.82, 2.24) is 0 Å². The maximum atomic E-state index is 12.1. The molecule has 0 heterocycles. The Bertz CT molecular complexity index is 289. The monoisotopic (exact) mass is 202 g/mol. The third-order valence-corrected chi connectivity index (χ3v) is 1.91. The molecule has 78 valence electrons. The van der Waals surface area contributed by atoms with Crippen molar-refractivity contribution in [3.63, 3.8) is 0 Å². The Hall–Kier alpha value is -1.16. The molecule has 0 bridgehead atoms. The van der Waals surface area contributed by atoms with E-state index in [0.29, 0.717) is 11.3 Å². The van der Waals surface area contributed by atoms with Crippen molar-refractivity contribution in [2.75, 3.05) is 7.11 Å². The number of hydrogen-bond acceptors (Lipinski definition) is 2. The summed E-state index contributed by atoms with van der Waals surface area (Å²) in [5.74, 6) is 0.521. The molecule has 1 aromatic rings. The molecular weight excluding hydrogens is 190 g/mol. The van der Waals surface area contributed by atoms with E-state index in [1.165, 1.54) is 7.11 Å². The van der Waals surface area contributed by atoms with Crippen LogP contribution in [0.15, 0.2) is 24.3 Å². The third-order valence-electron chi connectivity index (χ3n) is 1.91. The van der Waals surface area contributed by atoms with Gasteiger partial charge in [-0.1, -0.05) is 18.2 Å². The van der Waals surface area contributed by atoms with Gasteiger partial charge in [0, 0.05) is 6.42 Å². The Morgan fingerprint density at radius 2 is 2.00 bits per heavy atom. The summed E-state index contributed by atoms with van der Waals surface area (Å²) in [7, 11) is 1.47. The van der Waals surface area contributed by atoms with Crippen molar-refractivity contribution in [1.29, 1.82) is 0 Å². The highest BCUT2D eigenvalue weighted by Gasteiger charge is 2.18. The van der Waals surface area contributed by atoms with Gasteiger partial charge in [0.1, 0.15) is 11.9 Å². The second kappa shape index (κ2) is 4.91. The van der Waals surface area contributed by atoms with Gasteiger partial charge in [0.25, 0.3) is 6.43 Å². The molecule has 0 aliphatic carbocycles. The number of methoxy groups -OCH3 is 1. The molecule has 1 rings (SSSR count). The van der Waals surface area contributed by atoms with Gasteiger partial charge in [0.05, 0.1) is 7.11 Å². The molecule has 1 N–H and O–H groups in total. The molecule has 0 aliphatic heterocycles. The van der Waals surface area contributed by atoms with Crippen LogP contribution in [0.4, 0.5) is 8.78 Å². The predicted octanol–water partition coefficient (Wildman–Crippen LogP) is 1.86. The zero-order valence-corrected chi connectivity index (χ0v) is 7.78. The van der Waals surface area contributed by atoms with Crippen molar-refractivity contribution >= 4 is 0 Å². The lowest BCUT2D eigenvalue weighted by Gasteiger charge is -2.12. The highest BCUT2D eigenvalue weighted by Crippen LogP contribution is 2.20. The fourth-order valence-electron chi connectivity index (χ4n) is 1.19. The van der Waals surface area contributed by atoms with Crippen molar-refractivity contribution in [3.8, 4) is 5.75 Å². The first-order chi connectivity index (χ1) is 6.65. The summed E-state index contributed by atoms with van der Waals surface area (Å²) in [5.41, 5.74) is 0.586. The SMILES string of the molecule is COc1ccccc1CC(O)C(F)F. The van der Waals surface area contributed by atoms with E-state index in [2.05, 4.69) is 0 Å². The van der Waals surface area contributed by atoms with Gasteiger partial charge in [-0.25, -0.2) is 8.78 Å². The average molecular weight is 202 g/mol. The molecule has 0 spiro atoms. The van der Waals surface area contributed by atoms with Gasteiger partial charge in [-0.2, -0.15) is 0 Å². The lowest BCUT2D eigenvalue weighted by molar-refractivity contribution is -0.00390. The van der Waals surface area contributed by atoms with Gasteiger partial charge in [0.15, 0.2) is 0 Å². The van der Waals surface area contributed by atoms with Gasteiger partial charge in [-0.05, 0) is 11.6 Å². The van der Waals surface area contributed by atoms with Gasteiger partial charge < -0.3 is 9.84 Å². The van der Waals surface area contributed by atoms with Gasteiger partial charge in [-0.15, -0.1) is 0 Å². The van der Waals surface area contributed by atoms with Crippen LogP contribution in [0, 0.1) is 0 Å². The molecule has 1 aromatic carbocycles. The van der Waals surface area contributed by atoms with E-state index in [9.17, 15) is 8.78 Å². The third kappa shape index (κ3) is 2.67. The molecule has 0 saturated carbocycles. The van der Waals surface area contributed by atoms with Gasteiger partial charge >= 0.3 is 0 Å². The molecule has 1 atom stereocenters. The summed E-state index contributed by atoms with van der Waals surface area (Å²) in [6.07, 6.45) is -4.45. The largest absolute Gasteiger partial charge is 0.496 e. The Morgan fingerprint density at radius 1 is 1.36 bits per heavy atom. The summed E-state index contributed by atoms with van der Waals surface area (Å²) >= 11 is 0.